The van der Waals surface area contributed by atoms with Crippen molar-refractivity contribution in [2.24, 2.45) is 5.92 Å². The van der Waals surface area contributed by atoms with E-state index in [2.05, 4.69) is 10.4 Å². The van der Waals surface area contributed by atoms with Crippen LogP contribution in [-0.2, 0) is 11.3 Å². The van der Waals surface area contributed by atoms with E-state index in [4.69, 9.17) is 4.74 Å². The SMILES string of the molecule is c1cnn(CCOCCC2CCCNC2)c1. The van der Waals surface area contributed by atoms with E-state index in [-0.39, 0.29) is 0 Å². The van der Waals surface area contributed by atoms with Crippen LogP contribution in [-0.4, -0.2) is 36.1 Å². The minimum absolute atomic E-state index is 0.766. The number of ether oxygens (including phenoxy) is 1. The molecule has 1 atom stereocenters. The van der Waals surface area contributed by atoms with Gasteiger partial charge in [0, 0.05) is 19.0 Å². The van der Waals surface area contributed by atoms with Gasteiger partial charge in [0.15, 0.2) is 0 Å². The third kappa shape index (κ3) is 3.94. The fourth-order valence-electron chi connectivity index (χ4n) is 2.11. The molecule has 0 amide bonds. The maximum absolute atomic E-state index is 5.62. The molecule has 1 saturated heterocycles. The lowest BCUT2D eigenvalue weighted by Crippen LogP contribution is -2.30. The Morgan fingerprint density at radius 1 is 1.44 bits per heavy atom. The maximum Gasteiger partial charge on any atom is 0.0662 e. The monoisotopic (exact) mass is 223 g/mol. The summed E-state index contributed by atoms with van der Waals surface area (Å²) in [6, 6.07) is 1.94. The van der Waals surface area contributed by atoms with Crippen molar-refractivity contribution in [2.75, 3.05) is 26.3 Å². The number of hydrogen-bond donors (Lipinski definition) is 1. The molecule has 0 spiro atoms. The normalized spacial score (nSPS) is 21.1. The highest BCUT2D eigenvalue weighted by atomic mass is 16.5. The van der Waals surface area contributed by atoms with Crippen LogP contribution in [0.1, 0.15) is 19.3 Å². The predicted octanol–water partition coefficient (Wildman–Crippen LogP) is 1.29. The molecule has 0 aliphatic carbocycles. The van der Waals surface area contributed by atoms with Crippen LogP contribution in [0.4, 0.5) is 0 Å². The van der Waals surface area contributed by atoms with Crippen LogP contribution in [0.3, 0.4) is 0 Å². The molecule has 0 saturated carbocycles. The number of piperidine rings is 1. The summed E-state index contributed by atoms with van der Waals surface area (Å²) in [5, 5.41) is 7.56. The van der Waals surface area contributed by atoms with Crippen molar-refractivity contribution in [1.29, 1.82) is 0 Å². The second kappa shape index (κ2) is 6.66. The Morgan fingerprint density at radius 3 is 3.19 bits per heavy atom. The van der Waals surface area contributed by atoms with Crippen molar-refractivity contribution in [3.05, 3.63) is 18.5 Å². The maximum atomic E-state index is 5.62. The molecule has 2 rings (SSSR count). The highest BCUT2D eigenvalue weighted by Gasteiger charge is 2.11. The van der Waals surface area contributed by atoms with Gasteiger partial charge in [-0.05, 0) is 44.3 Å². The van der Waals surface area contributed by atoms with E-state index in [0.717, 1.165) is 25.7 Å². The zero-order valence-electron chi connectivity index (χ0n) is 9.77. The van der Waals surface area contributed by atoms with Gasteiger partial charge >= 0.3 is 0 Å². The van der Waals surface area contributed by atoms with Crippen molar-refractivity contribution in [3.63, 3.8) is 0 Å². The summed E-state index contributed by atoms with van der Waals surface area (Å²) in [5.41, 5.74) is 0. The second-order valence-corrected chi connectivity index (χ2v) is 4.38. The number of hydrogen-bond acceptors (Lipinski definition) is 3. The quantitative estimate of drug-likeness (QED) is 0.739. The summed E-state index contributed by atoms with van der Waals surface area (Å²) >= 11 is 0. The lowest BCUT2D eigenvalue weighted by atomic mass is 9.97. The van der Waals surface area contributed by atoms with Gasteiger partial charge in [0.05, 0.1) is 13.2 Å². The molecular formula is C12H21N3O. The first-order valence-corrected chi connectivity index (χ1v) is 6.21. The summed E-state index contributed by atoms with van der Waals surface area (Å²) in [6.45, 7) is 4.87. The Balaban J connectivity index is 1.48. The zero-order chi connectivity index (χ0) is 11.1. The van der Waals surface area contributed by atoms with Crippen molar-refractivity contribution in [2.45, 2.75) is 25.8 Å². The molecule has 90 valence electrons. The second-order valence-electron chi connectivity index (χ2n) is 4.38. The largest absolute Gasteiger partial charge is 0.380 e. The van der Waals surface area contributed by atoms with Gasteiger partial charge in [-0.3, -0.25) is 4.68 Å². The molecule has 1 aromatic rings. The van der Waals surface area contributed by atoms with E-state index in [1.807, 2.05) is 16.9 Å². The van der Waals surface area contributed by atoms with Gasteiger partial charge < -0.3 is 10.1 Å². The molecule has 16 heavy (non-hydrogen) atoms. The minimum Gasteiger partial charge on any atom is -0.380 e. The van der Waals surface area contributed by atoms with Gasteiger partial charge in [-0.15, -0.1) is 0 Å². The number of nitrogens with one attached hydrogen (secondary N) is 1. The van der Waals surface area contributed by atoms with E-state index in [9.17, 15) is 0 Å². The summed E-state index contributed by atoms with van der Waals surface area (Å²) in [4.78, 5) is 0. The Bertz CT molecular complexity index is 268. The number of nitrogens with zero attached hydrogens (tertiary/aromatic N) is 2. The van der Waals surface area contributed by atoms with Crippen LogP contribution in [0.25, 0.3) is 0 Å². The molecule has 1 aliphatic rings. The van der Waals surface area contributed by atoms with Gasteiger partial charge in [-0.2, -0.15) is 5.10 Å². The standard InChI is InChI=1S/C12H21N3O/c1-3-12(11-13-5-1)4-9-16-10-8-15-7-2-6-14-15/h2,6-7,12-13H,1,3-5,8-11H2. The predicted molar refractivity (Wildman–Crippen MR) is 63.3 cm³/mol. The van der Waals surface area contributed by atoms with Crippen LogP contribution in [0, 0.1) is 5.92 Å². The molecular weight excluding hydrogens is 202 g/mol. The fourth-order valence-corrected chi connectivity index (χ4v) is 2.11. The fraction of sp³-hybridized carbons (Fsp3) is 0.750. The molecule has 1 fully saturated rings. The average Bonchev–Trinajstić information content (AvgIpc) is 2.83. The van der Waals surface area contributed by atoms with Crippen LogP contribution in [0.5, 0.6) is 0 Å². The lowest BCUT2D eigenvalue weighted by Gasteiger charge is -2.22. The first-order chi connectivity index (χ1) is 7.95. The summed E-state index contributed by atoms with van der Waals surface area (Å²) in [7, 11) is 0. The molecule has 1 N–H and O–H groups in total. The highest BCUT2D eigenvalue weighted by Crippen LogP contribution is 2.13. The number of rotatable bonds is 6. The van der Waals surface area contributed by atoms with Crippen LogP contribution < -0.4 is 5.32 Å². The van der Waals surface area contributed by atoms with E-state index >= 15 is 0 Å². The third-order valence-electron chi connectivity index (χ3n) is 3.09. The summed E-state index contributed by atoms with van der Waals surface area (Å²) < 4.78 is 7.53. The molecule has 0 bridgehead atoms. The van der Waals surface area contributed by atoms with Crippen LogP contribution in [0.2, 0.25) is 0 Å². The molecule has 1 aliphatic heterocycles. The van der Waals surface area contributed by atoms with Gasteiger partial charge in [0.1, 0.15) is 0 Å². The highest BCUT2D eigenvalue weighted by molar-refractivity contribution is 4.77. The molecule has 4 heteroatoms. The molecule has 0 radical (unpaired) electrons. The van der Waals surface area contributed by atoms with E-state index in [1.54, 1.807) is 6.20 Å². The Hall–Kier alpha value is -0.870. The van der Waals surface area contributed by atoms with Gasteiger partial charge in [0.25, 0.3) is 0 Å². The molecule has 0 aromatic carbocycles. The smallest absolute Gasteiger partial charge is 0.0662 e. The minimum atomic E-state index is 0.766. The van der Waals surface area contributed by atoms with Gasteiger partial charge in [-0.1, -0.05) is 0 Å². The van der Waals surface area contributed by atoms with Crippen molar-refractivity contribution in [3.8, 4) is 0 Å². The summed E-state index contributed by atoms with van der Waals surface area (Å²) in [6.07, 6.45) is 7.63. The number of aromatic nitrogens is 2. The molecule has 2 heterocycles. The zero-order valence-corrected chi connectivity index (χ0v) is 9.77. The first kappa shape index (κ1) is 11.6. The molecule has 4 nitrogen and oxygen atoms in total. The van der Waals surface area contributed by atoms with Gasteiger partial charge in [0.2, 0.25) is 0 Å². The van der Waals surface area contributed by atoms with Crippen molar-refractivity contribution >= 4 is 0 Å². The van der Waals surface area contributed by atoms with E-state index in [0.29, 0.717) is 0 Å². The Labute approximate surface area is 97.0 Å². The molecule has 1 aromatic heterocycles. The Kier molecular flexibility index (Phi) is 4.83. The van der Waals surface area contributed by atoms with E-state index < -0.39 is 0 Å². The Morgan fingerprint density at radius 2 is 2.44 bits per heavy atom. The van der Waals surface area contributed by atoms with Gasteiger partial charge in [-0.25, -0.2) is 0 Å². The van der Waals surface area contributed by atoms with E-state index in [1.165, 1.54) is 32.4 Å². The van der Waals surface area contributed by atoms with Crippen LogP contribution in [0.15, 0.2) is 18.5 Å². The topological polar surface area (TPSA) is 39.1 Å². The average molecular weight is 223 g/mol. The van der Waals surface area contributed by atoms with Crippen molar-refractivity contribution < 1.29 is 4.74 Å². The van der Waals surface area contributed by atoms with Crippen molar-refractivity contribution in [1.82, 2.24) is 15.1 Å². The van der Waals surface area contributed by atoms with Crippen LogP contribution >= 0.6 is 0 Å². The summed E-state index contributed by atoms with van der Waals surface area (Å²) in [5.74, 6) is 0.818. The molecule has 1 unspecified atom stereocenters. The first-order valence-electron chi connectivity index (χ1n) is 6.21. The lowest BCUT2D eigenvalue weighted by molar-refractivity contribution is 0.107. The third-order valence-corrected chi connectivity index (χ3v) is 3.09.